The Morgan fingerprint density at radius 2 is 2.00 bits per heavy atom. The van der Waals surface area contributed by atoms with Gasteiger partial charge in [-0.05, 0) is 30.7 Å². The standard InChI is InChI=1S/C16H15N3O3/c20-15(13-7-3-4-9-17-13)22-11-5-10-19-14-8-2-1-6-12(14)18-16(19)21/h1-4,6-9H,5,10-11H2,(H,18,21). The molecule has 0 bridgehead atoms. The minimum absolute atomic E-state index is 0.155. The highest BCUT2D eigenvalue weighted by atomic mass is 16.5. The molecule has 0 aliphatic carbocycles. The van der Waals surface area contributed by atoms with Crippen molar-refractivity contribution in [1.82, 2.24) is 14.5 Å². The van der Waals surface area contributed by atoms with Crippen LogP contribution in [0, 0.1) is 0 Å². The summed E-state index contributed by atoms with van der Waals surface area (Å²) in [6.07, 6.45) is 2.10. The largest absolute Gasteiger partial charge is 0.461 e. The fourth-order valence-corrected chi connectivity index (χ4v) is 2.27. The summed E-state index contributed by atoms with van der Waals surface area (Å²) < 4.78 is 6.79. The molecule has 0 fully saturated rings. The van der Waals surface area contributed by atoms with Crippen molar-refractivity contribution in [2.45, 2.75) is 13.0 Å². The maximum atomic E-state index is 11.9. The third kappa shape index (κ3) is 2.90. The highest BCUT2D eigenvalue weighted by Crippen LogP contribution is 2.09. The molecule has 22 heavy (non-hydrogen) atoms. The summed E-state index contributed by atoms with van der Waals surface area (Å²) >= 11 is 0. The number of nitrogens with zero attached hydrogens (tertiary/aromatic N) is 2. The van der Waals surface area contributed by atoms with Crippen molar-refractivity contribution in [1.29, 1.82) is 0 Å². The van der Waals surface area contributed by atoms with Crippen molar-refractivity contribution in [3.05, 3.63) is 64.8 Å². The molecule has 2 aromatic heterocycles. The number of rotatable bonds is 5. The van der Waals surface area contributed by atoms with Gasteiger partial charge in [0.25, 0.3) is 0 Å². The SMILES string of the molecule is O=C(OCCCn1c(=O)[nH]c2ccccc21)c1ccccn1. The minimum Gasteiger partial charge on any atom is -0.461 e. The average Bonchev–Trinajstić information content (AvgIpc) is 2.88. The van der Waals surface area contributed by atoms with Gasteiger partial charge in [-0.15, -0.1) is 0 Å². The van der Waals surface area contributed by atoms with Gasteiger partial charge < -0.3 is 9.72 Å². The van der Waals surface area contributed by atoms with Gasteiger partial charge in [0.1, 0.15) is 5.69 Å². The maximum Gasteiger partial charge on any atom is 0.356 e. The predicted octanol–water partition coefficient (Wildman–Crippen LogP) is 1.97. The van der Waals surface area contributed by atoms with Gasteiger partial charge in [0, 0.05) is 12.7 Å². The Hall–Kier alpha value is -2.89. The second-order valence-corrected chi connectivity index (χ2v) is 4.80. The molecule has 1 N–H and O–H groups in total. The molecule has 3 rings (SSSR count). The Kier molecular flexibility index (Phi) is 4.00. The summed E-state index contributed by atoms with van der Waals surface area (Å²) in [6, 6.07) is 12.6. The first-order valence-electron chi connectivity index (χ1n) is 7.01. The van der Waals surface area contributed by atoms with Gasteiger partial charge in [0.15, 0.2) is 0 Å². The number of carbonyl (C=O) groups is 1. The van der Waals surface area contributed by atoms with Crippen LogP contribution in [0.3, 0.4) is 0 Å². The lowest BCUT2D eigenvalue weighted by Gasteiger charge is -2.05. The second-order valence-electron chi connectivity index (χ2n) is 4.80. The van der Waals surface area contributed by atoms with Crippen molar-refractivity contribution in [3.63, 3.8) is 0 Å². The Balaban J connectivity index is 1.58. The number of esters is 1. The van der Waals surface area contributed by atoms with Gasteiger partial charge in [0.2, 0.25) is 0 Å². The molecule has 0 aliphatic rings. The number of benzene rings is 1. The summed E-state index contributed by atoms with van der Waals surface area (Å²) in [6.45, 7) is 0.722. The van der Waals surface area contributed by atoms with Crippen LogP contribution in [0.1, 0.15) is 16.9 Å². The number of fused-ring (bicyclic) bond motifs is 1. The number of ether oxygens (including phenoxy) is 1. The van der Waals surface area contributed by atoms with E-state index < -0.39 is 5.97 Å². The van der Waals surface area contributed by atoms with Crippen LogP contribution in [0.15, 0.2) is 53.5 Å². The van der Waals surface area contributed by atoms with Crippen molar-refractivity contribution in [2.75, 3.05) is 6.61 Å². The summed E-state index contributed by atoms with van der Waals surface area (Å²) in [5.74, 6) is -0.452. The van der Waals surface area contributed by atoms with Gasteiger partial charge in [-0.1, -0.05) is 18.2 Å². The van der Waals surface area contributed by atoms with E-state index in [-0.39, 0.29) is 18.0 Å². The molecular formula is C16H15N3O3. The monoisotopic (exact) mass is 297 g/mol. The first-order valence-corrected chi connectivity index (χ1v) is 7.01. The molecule has 3 aromatic rings. The van der Waals surface area contributed by atoms with E-state index in [9.17, 15) is 9.59 Å². The van der Waals surface area contributed by atoms with E-state index in [1.54, 1.807) is 29.0 Å². The quantitative estimate of drug-likeness (QED) is 0.577. The predicted molar refractivity (Wildman–Crippen MR) is 81.7 cm³/mol. The van der Waals surface area contributed by atoms with Gasteiger partial charge in [-0.3, -0.25) is 4.57 Å². The van der Waals surface area contributed by atoms with Crippen LogP contribution in [-0.2, 0) is 11.3 Å². The summed E-state index contributed by atoms with van der Waals surface area (Å²) in [7, 11) is 0. The highest BCUT2D eigenvalue weighted by molar-refractivity contribution is 5.87. The van der Waals surface area contributed by atoms with Crippen LogP contribution in [0.4, 0.5) is 0 Å². The zero-order valence-electron chi connectivity index (χ0n) is 11.9. The molecule has 0 spiro atoms. The lowest BCUT2D eigenvalue weighted by atomic mass is 10.3. The van der Waals surface area contributed by atoms with Crippen LogP contribution in [0.25, 0.3) is 11.0 Å². The number of imidazole rings is 1. The number of pyridine rings is 1. The van der Waals surface area contributed by atoms with E-state index in [2.05, 4.69) is 9.97 Å². The first kappa shape index (κ1) is 14.1. The number of hydrogen-bond donors (Lipinski definition) is 1. The van der Waals surface area contributed by atoms with Crippen LogP contribution < -0.4 is 5.69 Å². The number of nitrogens with one attached hydrogen (secondary N) is 1. The van der Waals surface area contributed by atoms with Crippen molar-refractivity contribution >= 4 is 17.0 Å². The molecule has 0 aliphatic heterocycles. The first-order chi connectivity index (χ1) is 10.8. The third-order valence-electron chi connectivity index (χ3n) is 3.31. The van der Waals surface area contributed by atoms with E-state index in [4.69, 9.17) is 4.74 Å². The van der Waals surface area contributed by atoms with Crippen LogP contribution in [0.5, 0.6) is 0 Å². The van der Waals surface area contributed by atoms with Crippen molar-refractivity contribution < 1.29 is 9.53 Å². The van der Waals surface area contributed by atoms with E-state index in [1.807, 2.05) is 24.3 Å². The highest BCUT2D eigenvalue weighted by Gasteiger charge is 2.08. The molecule has 0 amide bonds. The summed E-state index contributed by atoms with van der Waals surface area (Å²) in [5.41, 5.74) is 1.78. The fourth-order valence-electron chi connectivity index (χ4n) is 2.27. The lowest BCUT2D eigenvalue weighted by Crippen LogP contribution is -2.18. The summed E-state index contributed by atoms with van der Waals surface area (Å²) in [5, 5.41) is 0. The zero-order chi connectivity index (χ0) is 15.4. The number of aromatic nitrogens is 3. The van der Waals surface area contributed by atoms with Gasteiger partial charge in [-0.2, -0.15) is 0 Å². The third-order valence-corrected chi connectivity index (χ3v) is 3.31. The molecule has 6 nitrogen and oxygen atoms in total. The molecule has 112 valence electrons. The Labute approximate surface area is 126 Å². The molecule has 0 radical (unpaired) electrons. The average molecular weight is 297 g/mol. The number of para-hydroxylation sites is 2. The minimum atomic E-state index is -0.452. The van der Waals surface area contributed by atoms with Crippen LogP contribution >= 0.6 is 0 Å². The molecule has 0 saturated heterocycles. The second kappa shape index (κ2) is 6.26. The van der Waals surface area contributed by atoms with E-state index in [0.717, 1.165) is 11.0 Å². The van der Waals surface area contributed by atoms with Gasteiger partial charge in [-0.25, -0.2) is 14.6 Å². The summed E-state index contributed by atoms with van der Waals surface area (Å²) in [4.78, 5) is 30.3. The van der Waals surface area contributed by atoms with Crippen molar-refractivity contribution in [3.8, 4) is 0 Å². The molecule has 6 heteroatoms. The van der Waals surface area contributed by atoms with E-state index >= 15 is 0 Å². The Morgan fingerprint density at radius 3 is 2.82 bits per heavy atom. The number of hydrogen-bond acceptors (Lipinski definition) is 4. The number of H-pyrrole nitrogens is 1. The lowest BCUT2D eigenvalue weighted by molar-refractivity contribution is 0.0489. The van der Waals surface area contributed by atoms with Gasteiger partial charge in [0.05, 0.1) is 17.6 Å². The molecule has 0 atom stereocenters. The molecular weight excluding hydrogens is 282 g/mol. The fraction of sp³-hybridized carbons (Fsp3) is 0.188. The zero-order valence-corrected chi connectivity index (χ0v) is 11.9. The van der Waals surface area contributed by atoms with Gasteiger partial charge >= 0.3 is 11.7 Å². The Bertz CT molecular complexity index is 836. The van der Waals surface area contributed by atoms with Crippen molar-refractivity contribution in [2.24, 2.45) is 0 Å². The van der Waals surface area contributed by atoms with E-state index in [0.29, 0.717) is 13.0 Å². The normalized spacial score (nSPS) is 10.7. The smallest absolute Gasteiger partial charge is 0.356 e. The number of carbonyl (C=O) groups excluding carboxylic acids is 1. The van der Waals surface area contributed by atoms with Crippen LogP contribution in [-0.4, -0.2) is 27.1 Å². The molecule has 1 aromatic carbocycles. The Morgan fingerprint density at radius 1 is 1.18 bits per heavy atom. The molecule has 0 unspecified atom stereocenters. The number of aromatic amines is 1. The van der Waals surface area contributed by atoms with E-state index in [1.165, 1.54) is 0 Å². The topological polar surface area (TPSA) is 77.0 Å². The molecule has 2 heterocycles. The maximum absolute atomic E-state index is 11.9. The number of aryl methyl sites for hydroxylation is 1. The van der Waals surface area contributed by atoms with Crippen LogP contribution in [0.2, 0.25) is 0 Å². The molecule has 0 saturated carbocycles.